The van der Waals surface area contributed by atoms with E-state index in [1.807, 2.05) is 0 Å². The molecule has 0 spiro atoms. The minimum atomic E-state index is -0.820. The van der Waals surface area contributed by atoms with Gasteiger partial charge in [-0.2, -0.15) is 0 Å². The van der Waals surface area contributed by atoms with Gasteiger partial charge in [0, 0.05) is 19.1 Å². The molecular weight excluding hydrogens is 320 g/mol. The Labute approximate surface area is 149 Å². The molecule has 0 aromatic rings. The van der Waals surface area contributed by atoms with Gasteiger partial charge in [-0.25, -0.2) is 4.79 Å². The first-order valence-electron chi connectivity index (χ1n) is 9.60. The highest BCUT2D eigenvalue weighted by molar-refractivity contribution is 6.09. The van der Waals surface area contributed by atoms with E-state index >= 15 is 0 Å². The van der Waals surface area contributed by atoms with Gasteiger partial charge in [0.05, 0.1) is 0 Å². The average Bonchev–Trinajstić information content (AvgIpc) is 3.41. The zero-order valence-corrected chi connectivity index (χ0v) is 15.3. The smallest absolute Gasteiger partial charge is 0.325 e. The summed E-state index contributed by atoms with van der Waals surface area (Å²) in [5.41, 5.74) is -0.820. The van der Waals surface area contributed by atoms with Crippen molar-refractivity contribution in [2.24, 2.45) is 5.92 Å². The molecule has 3 aliphatic rings. The standard InChI is InChI=1S/C18H30N4O3/c1-3-14-6-4-5-10-21(14)11-9-19-15(23)12-22-16(24)18(2,13-7-8-13)20-17(22)25/h13-14H,3-12H2,1-2H3,(H,19,23)(H,20,25). The molecule has 2 N–H and O–H groups in total. The summed E-state index contributed by atoms with van der Waals surface area (Å²) in [5, 5.41) is 5.63. The van der Waals surface area contributed by atoms with Gasteiger partial charge < -0.3 is 10.6 Å². The van der Waals surface area contributed by atoms with Crippen LogP contribution in [0.15, 0.2) is 0 Å². The van der Waals surface area contributed by atoms with E-state index in [0.29, 0.717) is 12.6 Å². The van der Waals surface area contributed by atoms with Crippen LogP contribution in [0.2, 0.25) is 0 Å². The van der Waals surface area contributed by atoms with E-state index in [2.05, 4.69) is 22.5 Å². The molecule has 1 saturated carbocycles. The second-order valence-electron chi connectivity index (χ2n) is 7.74. The maximum absolute atomic E-state index is 12.5. The second-order valence-corrected chi connectivity index (χ2v) is 7.74. The molecule has 0 radical (unpaired) electrons. The first kappa shape index (κ1) is 18.2. The minimum Gasteiger partial charge on any atom is -0.353 e. The predicted octanol–water partition coefficient (Wildman–Crippen LogP) is 1.09. The van der Waals surface area contributed by atoms with Crippen molar-refractivity contribution in [3.05, 3.63) is 0 Å². The molecule has 2 heterocycles. The summed E-state index contributed by atoms with van der Waals surface area (Å²) in [6.45, 7) is 6.24. The van der Waals surface area contributed by atoms with E-state index in [1.54, 1.807) is 6.92 Å². The number of rotatable bonds is 7. The Kier molecular flexibility index (Phi) is 5.32. The van der Waals surface area contributed by atoms with Crippen molar-refractivity contribution in [3.8, 4) is 0 Å². The van der Waals surface area contributed by atoms with Crippen LogP contribution in [0.5, 0.6) is 0 Å². The first-order valence-corrected chi connectivity index (χ1v) is 9.60. The van der Waals surface area contributed by atoms with Crippen molar-refractivity contribution >= 4 is 17.8 Å². The van der Waals surface area contributed by atoms with Crippen molar-refractivity contribution in [3.63, 3.8) is 0 Å². The van der Waals surface area contributed by atoms with Crippen LogP contribution in [0, 0.1) is 5.92 Å². The van der Waals surface area contributed by atoms with E-state index in [1.165, 1.54) is 19.3 Å². The molecule has 25 heavy (non-hydrogen) atoms. The normalized spacial score (nSPS) is 30.5. The van der Waals surface area contributed by atoms with Crippen LogP contribution in [-0.2, 0) is 9.59 Å². The maximum Gasteiger partial charge on any atom is 0.325 e. The van der Waals surface area contributed by atoms with Crippen molar-refractivity contribution in [2.45, 2.75) is 64.0 Å². The number of carbonyl (C=O) groups excluding carboxylic acids is 3. The van der Waals surface area contributed by atoms with Crippen molar-refractivity contribution in [1.82, 2.24) is 20.4 Å². The number of likely N-dealkylation sites (tertiary alicyclic amines) is 1. The monoisotopic (exact) mass is 350 g/mol. The Morgan fingerprint density at radius 1 is 1.28 bits per heavy atom. The topological polar surface area (TPSA) is 81.8 Å². The van der Waals surface area contributed by atoms with Crippen molar-refractivity contribution in [1.29, 1.82) is 0 Å². The second kappa shape index (κ2) is 7.32. The average molecular weight is 350 g/mol. The lowest BCUT2D eigenvalue weighted by Crippen LogP contribution is -2.47. The Morgan fingerprint density at radius 2 is 2.04 bits per heavy atom. The zero-order chi connectivity index (χ0) is 18.0. The molecule has 0 bridgehead atoms. The number of piperidine rings is 1. The van der Waals surface area contributed by atoms with E-state index in [4.69, 9.17) is 0 Å². The summed E-state index contributed by atoms with van der Waals surface area (Å²) >= 11 is 0. The van der Waals surface area contributed by atoms with E-state index in [-0.39, 0.29) is 24.3 Å². The molecule has 140 valence electrons. The van der Waals surface area contributed by atoms with Crippen LogP contribution in [0.1, 0.15) is 52.4 Å². The molecule has 7 nitrogen and oxygen atoms in total. The van der Waals surface area contributed by atoms with Gasteiger partial charge in [-0.05, 0) is 51.5 Å². The van der Waals surface area contributed by atoms with Crippen LogP contribution in [0.4, 0.5) is 4.79 Å². The number of nitrogens with zero attached hydrogens (tertiary/aromatic N) is 2. The van der Waals surface area contributed by atoms with Crippen LogP contribution in [0.25, 0.3) is 0 Å². The molecule has 2 aliphatic heterocycles. The lowest BCUT2D eigenvalue weighted by molar-refractivity contribution is -0.135. The third-order valence-corrected chi connectivity index (χ3v) is 5.94. The molecule has 3 fully saturated rings. The Bertz CT molecular complexity index is 548. The van der Waals surface area contributed by atoms with E-state index in [0.717, 1.165) is 37.3 Å². The molecule has 2 atom stereocenters. The third-order valence-electron chi connectivity index (χ3n) is 5.94. The van der Waals surface area contributed by atoms with Crippen LogP contribution >= 0.6 is 0 Å². The van der Waals surface area contributed by atoms with Gasteiger partial charge in [-0.15, -0.1) is 0 Å². The summed E-state index contributed by atoms with van der Waals surface area (Å²) in [6.07, 6.45) is 6.77. The minimum absolute atomic E-state index is 0.190. The van der Waals surface area contributed by atoms with Gasteiger partial charge in [0.1, 0.15) is 12.1 Å². The molecule has 4 amide bonds. The molecule has 7 heteroatoms. The SMILES string of the molecule is CCC1CCCCN1CCNC(=O)CN1C(=O)NC(C)(C2CC2)C1=O. The molecular formula is C18H30N4O3. The van der Waals surface area contributed by atoms with Crippen molar-refractivity contribution in [2.75, 3.05) is 26.2 Å². The summed E-state index contributed by atoms with van der Waals surface area (Å²) < 4.78 is 0. The van der Waals surface area contributed by atoms with Crippen LogP contribution in [-0.4, -0.2) is 65.4 Å². The first-order chi connectivity index (χ1) is 12.0. The number of nitrogens with one attached hydrogen (secondary N) is 2. The molecule has 0 aromatic heterocycles. The fourth-order valence-electron chi connectivity index (χ4n) is 4.15. The van der Waals surface area contributed by atoms with E-state index < -0.39 is 11.6 Å². The van der Waals surface area contributed by atoms with Gasteiger partial charge in [-0.3, -0.25) is 19.4 Å². The fraction of sp³-hybridized carbons (Fsp3) is 0.833. The molecule has 2 unspecified atom stereocenters. The quantitative estimate of drug-likeness (QED) is 0.674. The van der Waals surface area contributed by atoms with E-state index in [9.17, 15) is 14.4 Å². The summed E-state index contributed by atoms with van der Waals surface area (Å²) in [4.78, 5) is 40.3. The van der Waals surface area contributed by atoms with Crippen LogP contribution < -0.4 is 10.6 Å². The third kappa shape index (κ3) is 3.81. The number of amides is 4. The van der Waals surface area contributed by atoms with Crippen LogP contribution in [0.3, 0.4) is 0 Å². The largest absolute Gasteiger partial charge is 0.353 e. The maximum atomic E-state index is 12.5. The molecule has 2 saturated heterocycles. The lowest BCUT2D eigenvalue weighted by atomic mass is 9.96. The Balaban J connectivity index is 1.45. The van der Waals surface area contributed by atoms with Gasteiger partial charge >= 0.3 is 6.03 Å². The number of carbonyl (C=O) groups is 3. The molecule has 0 aromatic carbocycles. The highest BCUT2D eigenvalue weighted by Gasteiger charge is 2.56. The highest BCUT2D eigenvalue weighted by atomic mass is 16.2. The summed E-state index contributed by atoms with van der Waals surface area (Å²) in [5.74, 6) is -0.326. The van der Waals surface area contributed by atoms with Gasteiger partial charge in [0.25, 0.3) is 5.91 Å². The molecule has 3 rings (SSSR count). The Hall–Kier alpha value is -1.63. The fourth-order valence-corrected chi connectivity index (χ4v) is 4.15. The van der Waals surface area contributed by atoms with Crippen molar-refractivity contribution < 1.29 is 14.4 Å². The predicted molar refractivity (Wildman–Crippen MR) is 93.9 cm³/mol. The highest BCUT2D eigenvalue weighted by Crippen LogP contribution is 2.42. The number of imide groups is 1. The van der Waals surface area contributed by atoms with Gasteiger partial charge in [0.15, 0.2) is 0 Å². The number of urea groups is 1. The summed E-state index contributed by atoms with van der Waals surface area (Å²) in [7, 11) is 0. The lowest BCUT2D eigenvalue weighted by Gasteiger charge is -2.35. The summed E-state index contributed by atoms with van der Waals surface area (Å²) in [6, 6.07) is 0.160. The van der Waals surface area contributed by atoms with Gasteiger partial charge in [0.2, 0.25) is 5.91 Å². The zero-order valence-electron chi connectivity index (χ0n) is 15.3. The number of hydrogen-bond acceptors (Lipinski definition) is 4. The van der Waals surface area contributed by atoms with Gasteiger partial charge in [-0.1, -0.05) is 13.3 Å². The Morgan fingerprint density at radius 3 is 2.72 bits per heavy atom. The number of hydrogen-bond donors (Lipinski definition) is 2. The molecule has 1 aliphatic carbocycles.